The topological polar surface area (TPSA) is 67.7 Å². The number of piperidine rings is 2. The maximum Gasteiger partial charge on any atom is 0.251 e. The van der Waals surface area contributed by atoms with Gasteiger partial charge in [-0.15, -0.1) is 0 Å². The smallest absolute Gasteiger partial charge is 0.251 e. The SMILES string of the molecule is O=C1CCC2(CCN(C(=O)C3CCCCO3)CC2)CN1CCCn1ccnc1. The zero-order chi connectivity index (χ0) is 19.4. The number of carbonyl (C=O) groups is 2. The predicted molar refractivity (Wildman–Crippen MR) is 104 cm³/mol. The molecular weight excluding hydrogens is 356 g/mol. The number of rotatable bonds is 5. The number of likely N-dealkylation sites (tertiary alicyclic amines) is 2. The number of hydrogen-bond acceptors (Lipinski definition) is 4. The third kappa shape index (κ3) is 4.40. The summed E-state index contributed by atoms with van der Waals surface area (Å²) in [5.41, 5.74) is 0.188. The van der Waals surface area contributed by atoms with Crippen LogP contribution in [0.1, 0.15) is 51.4 Å². The number of hydrogen-bond donors (Lipinski definition) is 0. The first kappa shape index (κ1) is 19.4. The lowest BCUT2D eigenvalue weighted by molar-refractivity contribution is -0.151. The van der Waals surface area contributed by atoms with Crippen LogP contribution in [-0.4, -0.2) is 70.1 Å². The second-order valence-electron chi connectivity index (χ2n) is 8.65. The van der Waals surface area contributed by atoms with Gasteiger partial charge in [0.05, 0.1) is 6.33 Å². The Morgan fingerprint density at radius 3 is 2.79 bits per heavy atom. The minimum absolute atomic E-state index is 0.179. The molecule has 1 spiro atoms. The van der Waals surface area contributed by atoms with Crippen molar-refractivity contribution in [2.24, 2.45) is 5.41 Å². The Morgan fingerprint density at radius 1 is 1.21 bits per heavy atom. The number of nitrogens with zero attached hydrogens (tertiary/aromatic N) is 4. The highest BCUT2D eigenvalue weighted by Crippen LogP contribution is 2.40. The highest BCUT2D eigenvalue weighted by molar-refractivity contribution is 5.81. The molecule has 4 heterocycles. The molecule has 3 aliphatic heterocycles. The van der Waals surface area contributed by atoms with Crippen molar-refractivity contribution in [3.63, 3.8) is 0 Å². The lowest BCUT2D eigenvalue weighted by Crippen LogP contribution is -2.54. The normalized spacial score (nSPS) is 25.3. The van der Waals surface area contributed by atoms with Gasteiger partial charge in [0.2, 0.25) is 5.91 Å². The zero-order valence-corrected chi connectivity index (χ0v) is 16.7. The molecule has 1 unspecified atom stereocenters. The number of aromatic nitrogens is 2. The van der Waals surface area contributed by atoms with Crippen LogP contribution in [0.15, 0.2) is 18.7 Å². The van der Waals surface area contributed by atoms with Gasteiger partial charge in [0.1, 0.15) is 6.10 Å². The monoisotopic (exact) mass is 388 g/mol. The van der Waals surface area contributed by atoms with E-state index in [1.54, 1.807) is 6.20 Å². The van der Waals surface area contributed by atoms with E-state index >= 15 is 0 Å². The first-order valence-corrected chi connectivity index (χ1v) is 10.8. The molecule has 7 nitrogen and oxygen atoms in total. The molecule has 3 fully saturated rings. The quantitative estimate of drug-likeness (QED) is 0.774. The second-order valence-corrected chi connectivity index (χ2v) is 8.65. The highest BCUT2D eigenvalue weighted by Gasteiger charge is 2.42. The van der Waals surface area contributed by atoms with Gasteiger partial charge >= 0.3 is 0 Å². The van der Waals surface area contributed by atoms with Crippen LogP contribution in [0, 0.1) is 5.41 Å². The van der Waals surface area contributed by atoms with Crippen molar-refractivity contribution >= 4 is 11.8 Å². The molecule has 3 aliphatic rings. The highest BCUT2D eigenvalue weighted by atomic mass is 16.5. The van der Waals surface area contributed by atoms with Gasteiger partial charge in [-0.2, -0.15) is 0 Å². The summed E-state index contributed by atoms with van der Waals surface area (Å²) in [5.74, 6) is 0.462. The third-order valence-electron chi connectivity index (χ3n) is 6.74. The van der Waals surface area contributed by atoms with E-state index < -0.39 is 0 Å². The summed E-state index contributed by atoms with van der Waals surface area (Å²) >= 11 is 0. The fourth-order valence-electron chi connectivity index (χ4n) is 4.92. The molecule has 1 atom stereocenters. The molecule has 1 aromatic heterocycles. The number of imidazole rings is 1. The van der Waals surface area contributed by atoms with Crippen LogP contribution in [0.4, 0.5) is 0 Å². The Bertz CT molecular complexity index is 661. The summed E-state index contributed by atoms with van der Waals surface area (Å²) in [7, 11) is 0. The summed E-state index contributed by atoms with van der Waals surface area (Å²) in [6.45, 7) is 4.85. The fraction of sp³-hybridized carbons (Fsp3) is 0.762. The molecule has 0 aromatic carbocycles. The van der Waals surface area contributed by atoms with E-state index in [0.29, 0.717) is 13.0 Å². The average Bonchev–Trinajstić information content (AvgIpc) is 3.25. The molecule has 28 heavy (non-hydrogen) atoms. The molecule has 154 valence electrons. The predicted octanol–water partition coefficient (Wildman–Crippen LogP) is 2.07. The summed E-state index contributed by atoms with van der Waals surface area (Å²) in [4.78, 5) is 33.3. The van der Waals surface area contributed by atoms with E-state index in [9.17, 15) is 9.59 Å². The summed E-state index contributed by atoms with van der Waals surface area (Å²) in [6, 6.07) is 0. The average molecular weight is 389 g/mol. The van der Waals surface area contributed by atoms with Gasteiger partial charge in [0.15, 0.2) is 0 Å². The Kier molecular flexibility index (Phi) is 5.99. The summed E-state index contributed by atoms with van der Waals surface area (Å²) in [6.07, 6.45) is 12.9. The number of ether oxygens (including phenoxy) is 1. The summed E-state index contributed by atoms with van der Waals surface area (Å²) < 4.78 is 7.74. The number of carbonyl (C=O) groups excluding carboxylic acids is 2. The van der Waals surface area contributed by atoms with E-state index in [4.69, 9.17) is 4.74 Å². The molecule has 0 bridgehead atoms. The molecule has 4 rings (SSSR count). The number of aryl methyl sites for hydroxylation is 1. The Labute approximate surface area is 167 Å². The van der Waals surface area contributed by atoms with Gasteiger partial charge in [-0.25, -0.2) is 4.98 Å². The first-order valence-electron chi connectivity index (χ1n) is 10.8. The van der Waals surface area contributed by atoms with Gasteiger partial charge < -0.3 is 19.1 Å². The lowest BCUT2D eigenvalue weighted by atomic mass is 9.72. The van der Waals surface area contributed by atoms with E-state index in [1.807, 2.05) is 17.4 Å². The Hall–Kier alpha value is -1.89. The molecule has 2 amide bonds. The van der Waals surface area contributed by atoms with Crippen LogP contribution in [-0.2, 0) is 20.9 Å². The van der Waals surface area contributed by atoms with E-state index in [-0.39, 0.29) is 23.3 Å². The van der Waals surface area contributed by atoms with Gasteiger partial charge in [0.25, 0.3) is 5.91 Å². The van der Waals surface area contributed by atoms with Crippen LogP contribution < -0.4 is 0 Å². The molecule has 1 aromatic rings. The van der Waals surface area contributed by atoms with Crippen molar-refractivity contribution in [2.75, 3.05) is 32.8 Å². The minimum atomic E-state index is -0.226. The molecule has 3 saturated heterocycles. The van der Waals surface area contributed by atoms with Crippen LogP contribution in [0.5, 0.6) is 0 Å². The standard InChI is InChI=1S/C21H32N4O3/c26-19-5-6-21(16-25(19)11-3-10-23-14-9-22-17-23)7-12-24(13-8-21)20(27)18-4-1-2-15-28-18/h9,14,17-18H,1-8,10-13,15-16H2. The fourth-order valence-corrected chi connectivity index (χ4v) is 4.92. The zero-order valence-electron chi connectivity index (χ0n) is 16.7. The maximum atomic E-state index is 12.7. The Morgan fingerprint density at radius 2 is 2.07 bits per heavy atom. The molecule has 0 N–H and O–H groups in total. The van der Waals surface area contributed by atoms with E-state index in [0.717, 1.165) is 77.7 Å². The molecular formula is C21H32N4O3. The van der Waals surface area contributed by atoms with Crippen LogP contribution in [0.2, 0.25) is 0 Å². The van der Waals surface area contributed by atoms with E-state index in [1.165, 1.54) is 0 Å². The van der Waals surface area contributed by atoms with E-state index in [2.05, 4.69) is 14.5 Å². The van der Waals surface area contributed by atoms with Gasteiger partial charge in [-0.05, 0) is 50.4 Å². The van der Waals surface area contributed by atoms with Crippen LogP contribution in [0.3, 0.4) is 0 Å². The largest absolute Gasteiger partial charge is 0.368 e. The molecule has 0 aliphatic carbocycles. The molecule has 0 radical (unpaired) electrons. The van der Waals surface area contributed by atoms with Crippen molar-refractivity contribution in [3.8, 4) is 0 Å². The second kappa shape index (κ2) is 8.64. The van der Waals surface area contributed by atoms with Gasteiger partial charge in [0, 0.05) is 58.1 Å². The maximum absolute atomic E-state index is 12.7. The third-order valence-corrected chi connectivity index (χ3v) is 6.74. The lowest BCUT2D eigenvalue weighted by Gasteiger charge is -2.48. The van der Waals surface area contributed by atoms with Crippen molar-refractivity contribution in [3.05, 3.63) is 18.7 Å². The van der Waals surface area contributed by atoms with Crippen molar-refractivity contribution in [1.82, 2.24) is 19.4 Å². The number of amides is 2. The van der Waals surface area contributed by atoms with Crippen molar-refractivity contribution < 1.29 is 14.3 Å². The summed E-state index contributed by atoms with van der Waals surface area (Å²) in [5, 5.41) is 0. The van der Waals surface area contributed by atoms with Gasteiger partial charge in [-0.3, -0.25) is 9.59 Å². The van der Waals surface area contributed by atoms with Crippen molar-refractivity contribution in [2.45, 2.75) is 64.0 Å². The van der Waals surface area contributed by atoms with Crippen molar-refractivity contribution in [1.29, 1.82) is 0 Å². The minimum Gasteiger partial charge on any atom is -0.368 e. The Balaban J connectivity index is 1.27. The first-order chi connectivity index (χ1) is 13.7. The molecule has 0 saturated carbocycles. The van der Waals surface area contributed by atoms with Crippen LogP contribution >= 0.6 is 0 Å². The van der Waals surface area contributed by atoms with Gasteiger partial charge in [-0.1, -0.05) is 0 Å². The van der Waals surface area contributed by atoms with Crippen LogP contribution in [0.25, 0.3) is 0 Å². The molecule has 7 heteroatoms.